The van der Waals surface area contributed by atoms with E-state index in [2.05, 4.69) is 17.1 Å². The number of rotatable bonds is 4. The molecular formula is C13H26N2. The lowest BCUT2D eigenvalue weighted by Gasteiger charge is -2.35. The molecule has 2 unspecified atom stereocenters. The zero-order chi connectivity index (χ0) is 10.5. The summed E-state index contributed by atoms with van der Waals surface area (Å²) in [6.45, 7) is 6.20. The van der Waals surface area contributed by atoms with E-state index in [9.17, 15) is 0 Å². The third-order valence-corrected chi connectivity index (χ3v) is 3.99. The van der Waals surface area contributed by atoms with Gasteiger partial charge in [0.05, 0.1) is 0 Å². The Hall–Kier alpha value is -0.0800. The Bertz CT molecular complexity index is 175. The molecule has 0 spiro atoms. The van der Waals surface area contributed by atoms with E-state index in [-0.39, 0.29) is 0 Å². The second kappa shape index (κ2) is 5.86. The van der Waals surface area contributed by atoms with Crippen LogP contribution in [0.25, 0.3) is 0 Å². The lowest BCUT2D eigenvalue weighted by atomic mass is 9.90. The Morgan fingerprint density at radius 2 is 1.93 bits per heavy atom. The highest BCUT2D eigenvalue weighted by Gasteiger charge is 2.27. The smallest absolute Gasteiger partial charge is 0.0110 e. The SMILES string of the molecule is CCCNC1CCCC(N2CCCC2)C1. The maximum absolute atomic E-state index is 3.70. The average Bonchev–Trinajstić information content (AvgIpc) is 2.80. The fraction of sp³-hybridized carbons (Fsp3) is 1.00. The van der Waals surface area contributed by atoms with Gasteiger partial charge in [-0.3, -0.25) is 0 Å². The van der Waals surface area contributed by atoms with E-state index in [1.807, 2.05) is 0 Å². The molecule has 1 heterocycles. The normalized spacial score (nSPS) is 33.4. The number of nitrogens with zero attached hydrogens (tertiary/aromatic N) is 1. The first-order chi connectivity index (χ1) is 7.40. The van der Waals surface area contributed by atoms with Gasteiger partial charge >= 0.3 is 0 Å². The van der Waals surface area contributed by atoms with Crippen LogP contribution >= 0.6 is 0 Å². The minimum atomic E-state index is 0.810. The summed E-state index contributed by atoms with van der Waals surface area (Å²) in [5, 5.41) is 3.70. The predicted octanol–water partition coefficient (Wildman–Crippen LogP) is 2.39. The van der Waals surface area contributed by atoms with Crippen LogP contribution in [0.4, 0.5) is 0 Å². The van der Waals surface area contributed by atoms with Gasteiger partial charge in [0.25, 0.3) is 0 Å². The molecule has 1 saturated heterocycles. The molecule has 2 atom stereocenters. The summed E-state index contributed by atoms with van der Waals surface area (Å²) >= 11 is 0. The molecule has 0 radical (unpaired) electrons. The Kier molecular flexibility index (Phi) is 4.45. The third-order valence-electron chi connectivity index (χ3n) is 3.99. The van der Waals surface area contributed by atoms with E-state index in [0.29, 0.717) is 0 Å². The van der Waals surface area contributed by atoms with Crippen LogP contribution in [0.15, 0.2) is 0 Å². The minimum absolute atomic E-state index is 0.810. The van der Waals surface area contributed by atoms with Crippen LogP contribution < -0.4 is 5.32 Å². The minimum Gasteiger partial charge on any atom is -0.314 e. The Morgan fingerprint density at radius 3 is 2.67 bits per heavy atom. The summed E-state index contributed by atoms with van der Waals surface area (Å²) in [5.74, 6) is 0. The van der Waals surface area contributed by atoms with Gasteiger partial charge in [-0.1, -0.05) is 13.3 Å². The number of nitrogens with one attached hydrogen (secondary N) is 1. The van der Waals surface area contributed by atoms with Crippen molar-refractivity contribution < 1.29 is 0 Å². The van der Waals surface area contributed by atoms with Gasteiger partial charge in [0, 0.05) is 12.1 Å². The maximum Gasteiger partial charge on any atom is 0.0110 e. The highest BCUT2D eigenvalue weighted by atomic mass is 15.2. The molecule has 0 amide bonds. The van der Waals surface area contributed by atoms with Crippen LogP contribution in [0.2, 0.25) is 0 Å². The average molecular weight is 210 g/mol. The van der Waals surface area contributed by atoms with Gasteiger partial charge in [-0.05, 0) is 58.2 Å². The first-order valence-corrected chi connectivity index (χ1v) is 6.87. The van der Waals surface area contributed by atoms with E-state index >= 15 is 0 Å². The predicted molar refractivity (Wildman–Crippen MR) is 65.1 cm³/mol. The van der Waals surface area contributed by atoms with Crippen molar-refractivity contribution in [3.63, 3.8) is 0 Å². The van der Waals surface area contributed by atoms with Gasteiger partial charge in [-0.25, -0.2) is 0 Å². The standard InChI is InChI=1S/C13H26N2/c1-2-8-14-12-6-5-7-13(11-12)15-9-3-4-10-15/h12-14H,2-11H2,1H3. The molecule has 15 heavy (non-hydrogen) atoms. The van der Waals surface area contributed by atoms with E-state index < -0.39 is 0 Å². The summed E-state index contributed by atoms with van der Waals surface area (Å²) in [5.41, 5.74) is 0. The number of hydrogen-bond donors (Lipinski definition) is 1. The highest BCUT2D eigenvalue weighted by molar-refractivity contribution is 4.85. The molecule has 2 nitrogen and oxygen atoms in total. The van der Waals surface area contributed by atoms with Crippen molar-refractivity contribution in [2.45, 2.75) is 64.0 Å². The molecule has 1 aliphatic carbocycles. The molecular weight excluding hydrogens is 184 g/mol. The van der Waals surface area contributed by atoms with Crippen molar-refractivity contribution >= 4 is 0 Å². The first kappa shape index (κ1) is 11.4. The second-order valence-electron chi connectivity index (χ2n) is 5.21. The molecule has 2 aliphatic rings. The molecule has 2 rings (SSSR count). The summed E-state index contributed by atoms with van der Waals surface area (Å²) in [7, 11) is 0. The lowest BCUT2D eigenvalue weighted by molar-refractivity contribution is 0.168. The Labute approximate surface area is 94.4 Å². The van der Waals surface area contributed by atoms with Crippen LogP contribution in [0.5, 0.6) is 0 Å². The zero-order valence-corrected chi connectivity index (χ0v) is 10.2. The van der Waals surface area contributed by atoms with Crippen molar-refractivity contribution in [3.8, 4) is 0 Å². The van der Waals surface area contributed by atoms with Gasteiger partial charge in [0.2, 0.25) is 0 Å². The molecule has 2 heteroatoms. The van der Waals surface area contributed by atoms with Gasteiger partial charge in [0.15, 0.2) is 0 Å². The molecule has 0 bridgehead atoms. The van der Waals surface area contributed by atoms with Gasteiger partial charge in [-0.15, -0.1) is 0 Å². The monoisotopic (exact) mass is 210 g/mol. The lowest BCUT2D eigenvalue weighted by Crippen LogP contribution is -2.43. The van der Waals surface area contributed by atoms with Crippen LogP contribution in [0, 0.1) is 0 Å². The largest absolute Gasteiger partial charge is 0.314 e. The molecule has 1 saturated carbocycles. The first-order valence-electron chi connectivity index (χ1n) is 6.87. The zero-order valence-electron chi connectivity index (χ0n) is 10.2. The van der Waals surface area contributed by atoms with Gasteiger partial charge in [-0.2, -0.15) is 0 Å². The fourth-order valence-corrected chi connectivity index (χ4v) is 3.14. The van der Waals surface area contributed by atoms with Crippen molar-refractivity contribution in [1.29, 1.82) is 0 Å². The molecule has 1 aliphatic heterocycles. The summed E-state index contributed by atoms with van der Waals surface area (Å²) in [4.78, 5) is 2.74. The molecule has 0 aromatic carbocycles. The van der Waals surface area contributed by atoms with Gasteiger partial charge < -0.3 is 10.2 Å². The van der Waals surface area contributed by atoms with Gasteiger partial charge in [0.1, 0.15) is 0 Å². The molecule has 0 aromatic heterocycles. The summed E-state index contributed by atoms with van der Waals surface area (Å²) in [6, 6.07) is 1.71. The Morgan fingerprint density at radius 1 is 1.13 bits per heavy atom. The summed E-state index contributed by atoms with van der Waals surface area (Å²) in [6.07, 6.45) is 9.83. The molecule has 1 N–H and O–H groups in total. The number of likely N-dealkylation sites (tertiary alicyclic amines) is 1. The Balaban J connectivity index is 1.75. The highest BCUT2D eigenvalue weighted by Crippen LogP contribution is 2.25. The van der Waals surface area contributed by atoms with E-state index in [4.69, 9.17) is 0 Å². The van der Waals surface area contributed by atoms with E-state index in [1.165, 1.54) is 64.6 Å². The van der Waals surface area contributed by atoms with Crippen LogP contribution in [0.1, 0.15) is 51.9 Å². The quantitative estimate of drug-likeness (QED) is 0.766. The topological polar surface area (TPSA) is 15.3 Å². The summed E-state index contributed by atoms with van der Waals surface area (Å²) < 4.78 is 0. The molecule has 88 valence electrons. The molecule has 2 fully saturated rings. The maximum atomic E-state index is 3.70. The van der Waals surface area contributed by atoms with E-state index in [1.54, 1.807) is 0 Å². The molecule has 0 aromatic rings. The van der Waals surface area contributed by atoms with Crippen molar-refractivity contribution in [3.05, 3.63) is 0 Å². The third kappa shape index (κ3) is 3.18. The van der Waals surface area contributed by atoms with Crippen molar-refractivity contribution in [2.24, 2.45) is 0 Å². The van der Waals surface area contributed by atoms with Crippen LogP contribution in [-0.2, 0) is 0 Å². The van der Waals surface area contributed by atoms with Crippen LogP contribution in [0.3, 0.4) is 0 Å². The fourth-order valence-electron chi connectivity index (χ4n) is 3.14. The van der Waals surface area contributed by atoms with Crippen molar-refractivity contribution in [2.75, 3.05) is 19.6 Å². The number of hydrogen-bond acceptors (Lipinski definition) is 2. The van der Waals surface area contributed by atoms with Crippen molar-refractivity contribution in [1.82, 2.24) is 10.2 Å². The van der Waals surface area contributed by atoms with E-state index in [0.717, 1.165) is 12.1 Å². The van der Waals surface area contributed by atoms with Crippen LogP contribution in [-0.4, -0.2) is 36.6 Å². The second-order valence-corrected chi connectivity index (χ2v) is 5.21.